The number of benzene rings is 2. The van der Waals surface area contributed by atoms with Crippen LogP contribution in [0.15, 0.2) is 36.4 Å². The van der Waals surface area contributed by atoms with E-state index in [0.717, 1.165) is 36.5 Å². The van der Waals surface area contributed by atoms with Gasteiger partial charge in [0.15, 0.2) is 11.5 Å². The number of fused-ring (bicyclic) bond motifs is 1. The Labute approximate surface area is 158 Å². The molecule has 0 saturated carbocycles. The summed E-state index contributed by atoms with van der Waals surface area (Å²) in [5.74, 6) is 1.78. The number of hydrogen-bond acceptors (Lipinski definition) is 4. The molecular weight excluding hydrogens is 345 g/mol. The van der Waals surface area contributed by atoms with Crippen LogP contribution >= 0.6 is 0 Å². The molecule has 6 heteroatoms. The van der Waals surface area contributed by atoms with Gasteiger partial charge < -0.3 is 14.5 Å². The second-order valence-corrected chi connectivity index (χ2v) is 6.86. The van der Waals surface area contributed by atoms with Crippen molar-refractivity contribution in [3.63, 3.8) is 0 Å². The molecule has 1 fully saturated rings. The summed E-state index contributed by atoms with van der Waals surface area (Å²) in [4.78, 5) is 10.1. The second kappa shape index (κ2) is 7.96. The Morgan fingerprint density at radius 2 is 1.93 bits per heavy atom. The first kappa shape index (κ1) is 17.8. The first-order chi connectivity index (χ1) is 13.2. The van der Waals surface area contributed by atoms with Crippen LogP contribution in [0.4, 0.5) is 4.39 Å². The van der Waals surface area contributed by atoms with E-state index in [9.17, 15) is 4.39 Å². The molecule has 0 aliphatic carbocycles. The van der Waals surface area contributed by atoms with E-state index in [2.05, 4.69) is 14.9 Å². The Kier molecular flexibility index (Phi) is 5.25. The average Bonchev–Trinajstić information content (AvgIpc) is 3.12. The van der Waals surface area contributed by atoms with E-state index in [1.807, 2.05) is 18.2 Å². The third-order valence-corrected chi connectivity index (χ3v) is 4.99. The molecule has 0 bridgehead atoms. The van der Waals surface area contributed by atoms with Crippen LogP contribution in [0.25, 0.3) is 22.4 Å². The number of rotatable bonds is 6. The van der Waals surface area contributed by atoms with E-state index >= 15 is 0 Å². The summed E-state index contributed by atoms with van der Waals surface area (Å²) in [7, 11) is 1.63. The van der Waals surface area contributed by atoms with Gasteiger partial charge in [-0.1, -0.05) is 6.42 Å². The molecular formula is C21H24FN3O2. The van der Waals surface area contributed by atoms with Crippen LogP contribution in [0.3, 0.4) is 0 Å². The highest BCUT2D eigenvalue weighted by atomic mass is 19.1. The molecule has 1 saturated heterocycles. The minimum Gasteiger partial charge on any atom is -0.493 e. The number of methoxy groups -OCH3 is 1. The maximum atomic E-state index is 13.4. The van der Waals surface area contributed by atoms with Crippen molar-refractivity contribution in [2.75, 3.05) is 33.4 Å². The lowest BCUT2D eigenvalue weighted by atomic mass is 10.1. The topological polar surface area (TPSA) is 50.4 Å². The number of hydrogen-bond donors (Lipinski definition) is 1. The Hall–Kier alpha value is -2.60. The van der Waals surface area contributed by atoms with Gasteiger partial charge in [-0.05, 0) is 62.3 Å². The normalized spacial score (nSPS) is 15.2. The Morgan fingerprint density at radius 1 is 1.07 bits per heavy atom. The molecule has 3 aromatic rings. The molecule has 2 aromatic carbocycles. The number of halogens is 1. The molecule has 0 atom stereocenters. The molecule has 0 amide bonds. The van der Waals surface area contributed by atoms with E-state index in [0.29, 0.717) is 23.7 Å². The van der Waals surface area contributed by atoms with Gasteiger partial charge in [-0.2, -0.15) is 0 Å². The van der Waals surface area contributed by atoms with Crippen LogP contribution < -0.4 is 9.47 Å². The molecule has 1 aromatic heterocycles. The van der Waals surface area contributed by atoms with Crippen molar-refractivity contribution in [2.45, 2.75) is 19.3 Å². The second-order valence-electron chi connectivity index (χ2n) is 6.86. The molecule has 1 aliphatic rings. The minimum absolute atomic E-state index is 0.285. The molecule has 1 N–H and O–H groups in total. The Balaban J connectivity index is 1.48. The summed E-state index contributed by atoms with van der Waals surface area (Å²) in [5.41, 5.74) is 2.27. The Bertz CT molecular complexity index is 919. The van der Waals surface area contributed by atoms with Gasteiger partial charge in [0.25, 0.3) is 0 Å². The highest BCUT2D eigenvalue weighted by Gasteiger charge is 2.13. The molecule has 0 unspecified atom stereocenters. The zero-order chi connectivity index (χ0) is 18.6. The number of nitrogens with one attached hydrogen (secondary N) is 1. The van der Waals surface area contributed by atoms with Gasteiger partial charge in [-0.3, -0.25) is 4.90 Å². The maximum absolute atomic E-state index is 13.4. The molecule has 5 nitrogen and oxygen atoms in total. The van der Waals surface area contributed by atoms with Gasteiger partial charge in [0.05, 0.1) is 18.1 Å². The zero-order valence-electron chi connectivity index (χ0n) is 15.5. The van der Waals surface area contributed by atoms with Crippen LogP contribution in [0.2, 0.25) is 0 Å². The molecule has 142 valence electrons. The van der Waals surface area contributed by atoms with E-state index in [1.165, 1.54) is 31.4 Å². The van der Waals surface area contributed by atoms with Crippen LogP contribution in [-0.4, -0.2) is 48.2 Å². The molecule has 1 aliphatic heterocycles. The number of H-pyrrole nitrogens is 1. The lowest BCUT2D eigenvalue weighted by Gasteiger charge is -2.26. The predicted octanol–water partition coefficient (Wildman–Crippen LogP) is 4.24. The predicted molar refractivity (Wildman–Crippen MR) is 104 cm³/mol. The van der Waals surface area contributed by atoms with Gasteiger partial charge in [0.1, 0.15) is 18.2 Å². The van der Waals surface area contributed by atoms with Crippen molar-refractivity contribution >= 4 is 11.0 Å². The van der Waals surface area contributed by atoms with Crippen molar-refractivity contribution in [3.05, 3.63) is 42.2 Å². The smallest absolute Gasteiger partial charge is 0.161 e. The number of aromatic nitrogens is 2. The number of likely N-dealkylation sites (tertiary alicyclic amines) is 1. The zero-order valence-corrected chi connectivity index (χ0v) is 15.5. The summed E-state index contributed by atoms with van der Waals surface area (Å²) in [6, 6.07) is 10.3. The molecule has 4 rings (SSSR count). The van der Waals surface area contributed by atoms with E-state index in [1.54, 1.807) is 13.2 Å². The highest BCUT2D eigenvalue weighted by Crippen LogP contribution is 2.32. The first-order valence-electron chi connectivity index (χ1n) is 9.42. The maximum Gasteiger partial charge on any atom is 0.161 e. The Morgan fingerprint density at radius 3 is 2.74 bits per heavy atom. The quantitative estimate of drug-likeness (QED) is 0.706. The third-order valence-electron chi connectivity index (χ3n) is 4.99. The van der Waals surface area contributed by atoms with Crippen LogP contribution in [0, 0.1) is 5.82 Å². The van der Waals surface area contributed by atoms with E-state index < -0.39 is 0 Å². The monoisotopic (exact) mass is 369 g/mol. The van der Waals surface area contributed by atoms with Crippen molar-refractivity contribution in [3.8, 4) is 22.9 Å². The lowest BCUT2D eigenvalue weighted by molar-refractivity contribution is 0.180. The molecule has 0 spiro atoms. The van der Waals surface area contributed by atoms with Crippen molar-refractivity contribution < 1.29 is 13.9 Å². The summed E-state index contributed by atoms with van der Waals surface area (Å²) in [5, 5.41) is 0. The fourth-order valence-corrected chi connectivity index (χ4v) is 3.52. The van der Waals surface area contributed by atoms with Crippen LogP contribution in [0.1, 0.15) is 19.3 Å². The number of aromatic amines is 1. The highest BCUT2D eigenvalue weighted by molar-refractivity contribution is 5.79. The van der Waals surface area contributed by atoms with E-state index in [4.69, 9.17) is 9.47 Å². The van der Waals surface area contributed by atoms with Gasteiger partial charge in [-0.25, -0.2) is 9.37 Å². The van der Waals surface area contributed by atoms with Crippen LogP contribution in [-0.2, 0) is 0 Å². The standard InChI is InChI=1S/C21H24FN3O2/c1-26-20-13-15(21-23-17-7-6-16(22)14-18(17)24-21)5-8-19(20)27-12-11-25-9-3-2-4-10-25/h5-8,13-14H,2-4,9-12H2,1H3,(H,23,24). The SMILES string of the molecule is COc1cc(-c2nc3ccc(F)cc3[nH]2)ccc1OCCN1CCCCC1. The van der Waals surface area contributed by atoms with Gasteiger partial charge in [0, 0.05) is 12.1 Å². The molecule has 0 radical (unpaired) electrons. The van der Waals surface area contributed by atoms with Crippen molar-refractivity contribution in [1.82, 2.24) is 14.9 Å². The summed E-state index contributed by atoms with van der Waals surface area (Å²) < 4.78 is 24.8. The summed E-state index contributed by atoms with van der Waals surface area (Å²) >= 11 is 0. The average molecular weight is 369 g/mol. The van der Waals surface area contributed by atoms with Gasteiger partial charge in [-0.15, -0.1) is 0 Å². The van der Waals surface area contributed by atoms with Crippen molar-refractivity contribution in [1.29, 1.82) is 0 Å². The molecule has 27 heavy (non-hydrogen) atoms. The fraction of sp³-hybridized carbons (Fsp3) is 0.381. The van der Waals surface area contributed by atoms with E-state index in [-0.39, 0.29) is 5.82 Å². The minimum atomic E-state index is -0.285. The summed E-state index contributed by atoms with van der Waals surface area (Å²) in [6.07, 6.45) is 3.89. The van der Waals surface area contributed by atoms with Crippen LogP contribution in [0.5, 0.6) is 11.5 Å². The first-order valence-corrected chi connectivity index (χ1v) is 9.42. The number of nitrogens with zero attached hydrogens (tertiary/aromatic N) is 2. The number of ether oxygens (including phenoxy) is 2. The fourth-order valence-electron chi connectivity index (χ4n) is 3.52. The van der Waals surface area contributed by atoms with Crippen molar-refractivity contribution in [2.24, 2.45) is 0 Å². The number of imidazole rings is 1. The molecule has 2 heterocycles. The lowest BCUT2D eigenvalue weighted by Crippen LogP contribution is -2.33. The largest absolute Gasteiger partial charge is 0.493 e. The van der Waals surface area contributed by atoms with Gasteiger partial charge in [0.2, 0.25) is 0 Å². The summed E-state index contributed by atoms with van der Waals surface area (Å²) in [6.45, 7) is 3.89. The third kappa shape index (κ3) is 4.06. The number of piperidine rings is 1. The van der Waals surface area contributed by atoms with Gasteiger partial charge >= 0.3 is 0 Å².